The third-order valence-electron chi connectivity index (χ3n) is 7.17. The van der Waals surface area contributed by atoms with Gasteiger partial charge in [-0.25, -0.2) is 9.97 Å². The molecule has 3 aromatic rings. The van der Waals surface area contributed by atoms with E-state index in [0.29, 0.717) is 29.8 Å². The number of nitrogens with zero attached hydrogens (tertiary/aromatic N) is 4. The van der Waals surface area contributed by atoms with Gasteiger partial charge >= 0.3 is 0 Å². The van der Waals surface area contributed by atoms with Gasteiger partial charge in [-0.05, 0) is 49.3 Å². The van der Waals surface area contributed by atoms with Crippen molar-refractivity contribution in [1.82, 2.24) is 19.9 Å². The van der Waals surface area contributed by atoms with Crippen LogP contribution in [0.15, 0.2) is 42.2 Å². The average molecular weight is 506 g/mol. The average Bonchev–Trinajstić information content (AvgIpc) is 3.41. The van der Waals surface area contributed by atoms with E-state index in [1.807, 2.05) is 11.4 Å². The maximum Gasteiger partial charge on any atom is 0.274 e. The number of ether oxygens (including phenoxy) is 1. The zero-order chi connectivity index (χ0) is 24.9. The minimum absolute atomic E-state index is 0.115. The van der Waals surface area contributed by atoms with Gasteiger partial charge in [-0.3, -0.25) is 14.6 Å². The summed E-state index contributed by atoms with van der Waals surface area (Å²) in [4.78, 5) is 40.3. The van der Waals surface area contributed by atoms with Gasteiger partial charge in [-0.1, -0.05) is 25.3 Å². The highest BCUT2D eigenvalue weighted by Crippen LogP contribution is 2.38. The van der Waals surface area contributed by atoms with E-state index >= 15 is 0 Å². The lowest BCUT2D eigenvalue weighted by Gasteiger charge is -2.31. The van der Waals surface area contributed by atoms with E-state index in [0.717, 1.165) is 29.8 Å². The minimum atomic E-state index is -0.295. The van der Waals surface area contributed by atoms with Crippen molar-refractivity contribution in [3.63, 3.8) is 0 Å². The highest BCUT2D eigenvalue weighted by molar-refractivity contribution is 7.14. The van der Waals surface area contributed by atoms with Crippen molar-refractivity contribution in [2.45, 2.75) is 50.9 Å². The molecule has 1 N–H and O–H groups in total. The fraction of sp³-hybridized carbons (Fsp3) is 0.444. The molecule has 0 radical (unpaired) electrons. The zero-order valence-electron chi connectivity index (χ0n) is 20.5. The number of carbonyl (C=O) groups is 2. The molecule has 0 spiro atoms. The molecule has 2 fully saturated rings. The summed E-state index contributed by atoms with van der Waals surface area (Å²) in [7, 11) is 1.67. The maximum absolute atomic E-state index is 13.1. The van der Waals surface area contributed by atoms with Crippen LogP contribution in [0.2, 0.25) is 0 Å². The van der Waals surface area contributed by atoms with Gasteiger partial charge in [0.1, 0.15) is 11.4 Å². The Hall–Kier alpha value is -3.33. The van der Waals surface area contributed by atoms with Crippen molar-refractivity contribution in [3.05, 3.63) is 53.4 Å². The van der Waals surface area contributed by atoms with Crippen LogP contribution in [0.1, 0.15) is 66.9 Å². The van der Waals surface area contributed by atoms with Crippen LogP contribution in [0.4, 0.5) is 5.13 Å². The van der Waals surface area contributed by atoms with Crippen molar-refractivity contribution in [2.75, 3.05) is 25.5 Å². The molecule has 9 heteroatoms. The van der Waals surface area contributed by atoms with E-state index < -0.39 is 0 Å². The molecule has 36 heavy (non-hydrogen) atoms. The van der Waals surface area contributed by atoms with Crippen molar-refractivity contribution in [2.24, 2.45) is 5.92 Å². The van der Waals surface area contributed by atoms with Crippen molar-refractivity contribution >= 4 is 28.3 Å². The van der Waals surface area contributed by atoms with Gasteiger partial charge in [0.25, 0.3) is 5.91 Å². The van der Waals surface area contributed by atoms with Crippen molar-refractivity contribution < 1.29 is 14.3 Å². The number of hydrogen-bond acceptors (Lipinski definition) is 7. The summed E-state index contributed by atoms with van der Waals surface area (Å²) >= 11 is 1.40. The van der Waals surface area contributed by atoms with E-state index in [1.165, 1.54) is 67.6 Å². The number of amides is 2. The molecule has 2 aromatic heterocycles. The topological polar surface area (TPSA) is 97.3 Å². The molecular formula is C27H31N5O3S. The third kappa shape index (κ3) is 5.41. The number of benzene rings is 1. The van der Waals surface area contributed by atoms with E-state index in [-0.39, 0.29) is 17.7 Å². The molecular weight excluding hydrogens is 474 g/mol. The number of aromatic nitrogens is 3. The lowest BCUT2D eigenvalue weighted by molar-refractivity contribution is -0.121. The van der Waals surface area contributed by atoms with Gasteiger partial charge < -0.3 is 15.0 Å². The Balaban J connectivity index is 1.27. The highest BCUT2D eigenvalue weighted by atomic mass is 32.1. The van der Waals surface area contributed by atoms with Crippen molar-refractivity contribution in [1.29, 1.82) is 0 Å². The Labute approximate surface area is 215 Å². The molecule has 2 amide bonds. The Morgan fingerprint density at radius 2 is 1.97 bits per heavy atom. The first-order valence-electron chi connectivity index (χ1n) is 12.6. The molecule has 1 saturated carbocycles. The standard InChI is InChI=1S/C27H31N5O3S/c1-35-24-10-9-19(18-6-3-2-4-7-18)14-21(24)23-17-36-27(30-23)31-25(33)20-8-5-13-32(16-20)26(34)22-15-28-11-12-29-22/h9-12,14-15,17-18,20H,2-8,13,16H2,1H3,(H,30,31,33)/t20-/m0/s1. The molecule has 2 aliphatic rings. The molecule has 5 rings (SSSR count). The quantitative estimate of drug-likeness (QED) is 0.498. The number of anilines is 1. The number of likely N-dealkylation sites (tertiary alicyclic amines) is 1. The predicted octanol–water partition coefficient (Wildman–Crippen LogP) is 5.15. The molecule has 0 unspecified atom stereocenters. The molecule has 3 heterocycles. The van der Waals surface area contributed by atoms with Crippen molar-refractivity contribution in [3.8, 4) is 17.0 Å². The second-order valence-electron chi connectivity index (χ2n) is 9.50. The summed E-state index contributed by atoms with van der Waals surface area (Å²) < 4.78 is 5.63. The van der Waals surface area contributed by atoms with Crippen LogP contribution >= 0.6 is 11.3 Å². The first-order valence-corrected chi connectivity index (χ1v) is 13.5. The lowest BCUT2D eigenvalue weighted by Crippen LogP contribution is -2.44. The van der Waals surface area contributed by atoms with Crippen LogP contribution in [-0.4, -0.2) is 51.9 Å². The van der Waals surface area contributed by atoms with Crippen LogP contribution in [0.5, 0.6) is 5.75 Å². The number of thiazole rings is 1. The van der Waals surface area contributed by atoms with E-state index in [9.17, 15) is 9.59 Å². The third-order valence-corrected chi connectivity index (χ3v) is 7.93. The number of methoxy groups -OCH3 is 1. The Bertz CT molecular complexity index is 1210. The number of carbonyl (C=O) groups excluding carboxylic acids is 2. The van der Waals surface area contributed by atoms with Crippen LogP contribution < -0.4 is 10.1 Å². The first-order chi connectivity index (χ1) is 17.6. The number of nitrogens with one attached hydrogen (secondary N) is 1. The van der Waals surface area contributed by atoms with Crippen LogP contribution in [0, 0.1) is 5.92 Å². The fourth-order valence-corrected chi connectivity index (χ4v) is 5.94. The normalized spacial score (nSPS) is 18.6. The van der Waals surface area contributed by atoms with Gasteiger partial charge in [0, 0.05) is 36.4 Å². The molecule has 0 bridgehead atoms. The number of hydrogen-bond donors (Lipinski definition) is 1. The first kappa shape index (κ1) is 24.4. The summed E-state index contributed by atoms with van der Waals surface area (Å²) in [6.45, 7) is 0.967. The van der Waals surface area contributed by atoms with Crippen LogP contribution in [-0.2, 0) is 4.79 Å². The Morgan fingerprint density at radius 1 is 1.11 bits per heavy atom. The Kier molecular flexibility index (Phi) is 7.55. The van der Waals surface area contributed by atoms with Gasteiger partial charge in [-0.2, -0.15) is 0 Å². The smallest absolute Gasteiger partial charge is 0.274 e. The summed E-state index contributed by atoms with van der Waals surface area (Å²) in [5.41, 5.74) is 3.38. The summed E-state index contributed by atoms with van der Waals surface area (Å²) in [6, 6.07) is 6.40. The van der Waals surface area contributed by atoms with Gasteiger partial charge in [0.2, 0.25) is 5.91 Å². The van der Waals surface area contributed by atoms with Crippen LogP contribution in [0.3, 0.4) is 0 Å². The molecule has 8 nitrogen and oxygen atoms in total. The molecule has 1 aromatic carbocycles. The molecule has 1 aliphatic heterocycles. The Morgan fingerprint density at radius 3 is 2.75 bits per heavy atom. The summed E-state index contributed by atoms with van der Waals surface area (Å²) in [5.74, 6) is 0.761. The molecule has 1 saturated heterocycles. The summed E-state index contributed by atoms with van der Waals surface area (Å²) in [6.07, 6.45) is 12.3. The molecule has 188 valence electrons. The van der Waals surface area contributed by atoms with E-state index in [4.69, 9.17) is 9.72 Å². The van der Waals surface area contributed by atoms with Gasteiger partial charge in [0.05, 0.1) is 24.9 Å². The second kappa shape index (κ2) is 11.2. The van der Waals surface area contributed by atoms with Gasteiger partial charge in [-0.15, -0.1) is 11.3 Å². The zero-order valence-corrected chi connectivity index (χ0v) is 21.3. The largest absolute Gasteiger partial charge is 0.496 e. The van der Waals surface area contributed by atoms with E-state index in [1.54, 1.807) is 12.0 Å². The maximum atomic E-state index is 13.1. The molecule has 1 aliphatic carbocycles. The lowest BCUT2D eigenvalue weighted by atomic mass is 9.83. The van der Waals surface area contributed by atoms with Gasteiger partial charge in [0.15, 0.2) is 5.13 Å². The van der Waals surface area contributed by atoms with E-state index in [2.05, 4.69) is 27.4 Å². The molecule has 1 atom stereocenters. The predicted molar refractivity (Wildman–Crippen MR) is 139 cm³/mol. The SMILES string of the molecule is COc1ccc(C2CCCCC2)cc1-c1csc(NC(=O)[C@H]2CCCN(C(=O)c3cnccn3)C2)n1. The monoisotopic (exact) mass is 505 g/mol. The fourth-order valence-electron chi connectivity index (χ4n) is 5.23. The summed E-state index contributed by atoms with van der Waals surface area (Å²) in [5, 5.41) is 5.49. The number of piperidine rings is 1. The highest BCUT2D eigenvalue weighted by Gasteiger charge is 2.30. The second-order valence-corrected chi connectivity index (χ2v) is 10.4. The number of rotatable bonds is 6. The minimum Gasteiger partial charge on any atom is -0.496 e. The van der Waals surface area contributed by atoms with Crippen LogP contribution in [0.25, 0.3) is 11.3 Å².